The summed E-state index contributed by atoms with van der Waals surface area (Å²) < 4.78 is 0. The average Bonchev–Trinajstić information content (AvgIpc) is 2.16. The molecule has 1 heterocycles. The molecule has 0 unspecified atom stereocenters. The van der Waals surface area contributed by atoms with Crippen molar-refractivity contribution in [2.45, 2.75) is 0 Å². The van der Waals surface area contributed by atoms with Gasteiger partial charge in [0.05, 0.1) is 0 Å². The van der Waals surface area contributed by atoms with Gasteiger partial charge in [0.2, 0.25) is 0 Å². The Hall–Kier alpha value is -1.59. The lowest BCUT2D eigenvalue weighted by molar-refractivity contribution is 0.420. The Kier molecular flexibility index (Phi) is 2.11. The van der Waals surface area contributed by atoms with E-state index in [9.17, 15) is 5.11 Å². The van der Waals surface area contributed by atoms with Gasteiger partial charge in [0, 0.05) is 23.2 Å². The van der Waals surface area contributed by atoms with Crippen molar-refractivity contribution in [1.29, 1.82) is 0 Å². The van der Waals surface area contributed by atoms with Crippen molar-refractivity contribution < 1.29 is 15.2 Å². The smallest absolute Gasteiger partial charge is 0.492 e. The third-order valence-corrected chi connectivity index (χ3v) is 2.06. The summed E-state index contributed by atoms with van der Waals surface area (Å²) in [7, 11) is -1.66. The van der Waals surface area contributed by atoms with E-state index in [4.69, 9.17) is 10.0 Å². The van der Waals surface area contributed by atoms with Crippen LogP contribution in [0.3, 0.4) is 0 Å². The number of fused-ring (bicyclic) bond motifs is 1. The first-order valence-electron chi connectivity index (χ1n) is 4.11. The maximum Gasteiger partial charge on any atom is 0.492 e. The number of phenols is 1. The average molecular weight is 189 g/mol. The molecule has 4 nitrogen and oxygen atoms in total. The van der Waals surface area contributed by atoms with E-state index in [0.29, 0.717) is 0 Å². The Bertz CT molecular complexity index is 473. The van der Waals surface area contributed by atoms with Crippen molar-refractivity contribution in [3.05, 3.63) is 30.6 Å². The highest BCUT2D eigenvalue weighted by molar-refractivity contribution is 6.60. The molecule has 0 amide bonds. The van der Waals surface area contributed by atoms with Gasteiger partial charge in [-0.05, 0) is 17.5 Å². The van der Waals surface area contributed by atoms with Crippen LogP contribution in [0.1, 0.15) is 0 Å². The predicted octanol–water partition coefficient (Wildman–Crippen LogP) is -0.380. The zero-order valence-corrected chi connectivity index (χ0v) is 7.25. The van der Waals surface area contributed by atoms with Crippen LogP contribution in [0.15, 0.2) is 30.6 Å². The van der Waals surface area contributed by atoms with Gasteiger partial charge in [-0.3, -0.25) is 4.98 Å². The Labute approximate surface area is 80.6 Å². The van der Waals surface area contributed by atoms with Crippen molar-refractivity contribution in [1.82, 2.24) is 4.98 Å². The third kappa shape index (κ3) is 1.43. The molecule has 70 valence electrons. The number of hydrogen-bond acceptors (Lipinski definition) is 4. The highest BCUT2D eigenvalue weighted by Gasteiger charge is 2.16. The SMILES string of the molecule is OB(O)c1cc2ccncc2cc1O. The summed E-state index contributed by atoms with van der Waals surface area (Å²) in [6.45, 7) is 0. The van der Waals surface area contributed by atoms with E-state index in [1.54, 1.807) is 18.5 Å². The van der Waals surface area contributed by atoms with E-state index >= 15 is 0 Å². The lowest BCUT2D eigenvalue weighted by Crippen LogP contribution is -2.29. The highest BCUT2D eigenvalue weighted by atomic mass is 16.4. The number of aromatic nitrogens is 1. The van der Waals surface area contributed by atoms with Gasteiger partial charge in [-0.1, -0.05) is 6.07 Å². The van der Waals surface area contributed by atoms with Crippen LogP contribution in [0, 0.1) is 0 Å². The second-order valence-electron chi connectivity index (χ2n) is 3.01. The van der Waals surface area contributed by atoms with Crippen molar-refractivity contribution in [3.63, 3.8) is 0 Å². The zero-order valence-electron chi connectivity index (χ0n) is 7.25. The standard InChI is InChI=1S/C9H8BNO3/c12-9-4-7-5-11-2-1-6(7)3-8(9)10(13)14/h1-5,12-14H. The van der Waals surface area contributed by atoms with Gasteiger partial charge in [0.15, 0.2) is 0 Å². The van der Waals surface area contributed by atoms with Crippen LogP contribution in [0.4, 0.5) is 0 Å². The number of aromatic hydroxyl groups is 1. The number of pyridine rings is 1. The normalized spacial score (nSPS) is 10.4. The van der Waals surface area contributed by atoms with Crippen molar-refractivity contribution in [2.24, 2.45) is 0 Å². The van der Waals surface area contributed by atoms with E-state index in [1.807, 2.05) is 0 Å². The molecule has 0 bridgehead atoms. The van der Waals surface area contributed by atoms with Crippen LogP contribution >= 0.6 is 0 Å². The first-order chi connectivity index (χ1) is 6.68. The monoisotopic (exact) mass is 189 g/mol. The molecule has 5 heteroatoms. The lowest BCUT2D eigenvalue weighted by atomic mass is 9.78. The maximum absolute atomic E-state index is 9.43. The van der Waals surface area contributed by atoms with Crippen molar-refractivity contribution in [3.8, 4) is 5.75 Å². The third-order valence-electron chi connectivity index (χ3n) is 2.06. The molecule has 0 fully saturated rings. The molecule has 14 heavy (non-hydrogen) atoms. The Balaban J connectivity index is 2.71. The molecule has 1 aromatic heterocycles. The lowest BCUT2D eigenvalue weighted by Gasteiger charge is -2.04. The van der Waals surface area contributed by atoms with Gasteiger partial charge in [-0.2, -0.15) is 0 Å². The largest absolute Gasteiger partial charge is 0.508 e. The predicted molar refractivity (Wildman–Crippen MR) is 53.2 cm³/mol. The molecule has 3 N–H and O–H groups in total. The van der Waals surface area contributed by atoms with Gasteiger partial charge in [-0.15, -0.1) is 0 Å². The molecule has 0 radical (unpaired) electrons. The summed E-state index contributed by atoms with van der Waals surface area (Å²) in [5, 5.41) is 28.9. The second kappa shape index (κ2) is 3.28. The van der Waals surface area contributed by atoms with Gasteiger partial charge >= 0.3 is 7.12 Å². The molecule has 0 aliphatic carbocycles. The van der Waals surface area contributed by atoms with E-state index < -0.39 is 7.12 Å². The summed E-state index contributed by atoms with van der Waals surface area (Å²) in [6.07, 6.45) is 3.20. The quantitative estimate of drug-likeness (QED) is 0.534. The number of rotatable bonds is 1. The summed E-state index contributed by atoms with van der Waals surface area (Å²) in [5.74, 6) is -0.138. The van der Waals surface area contributed by atoms with Gasteiger partial charge in [0.1, 0.15) is 5.75 Å². The number of benzene rings is 1. The molecule has 1 aromatic carbocycles. The highest BCUT2D eigenvalue weighted by Crippen LogP contribution is 2.16. The molecule has 2 aromatic rings. The van der Waals surface area contributed by atoms with Crippen LogP contribution in [0.5, 0.6) is 5.75 Å². The van der Waals surface area contributed by atoms with Gasteiger partial charge in [-0.25, -0.2) is 0 Å². The van der Waals surface area contributed by atoms with E-state index in [0.717, 1.165) is 10.8 Å². The number of hydrogen-bond donors (Lipinski definition) is 3. The van der Waals surface area contributed by atoms with Crippen molar-refractivity contribution in [2.75, 3.05) is 0 Å². The fraction of sp³-hybridized carbons (Fsp3) is 0. The fourth-order valence-electron chi connectivity index (χ4n) is 1.35. The first kappa shape index (κ1) is 8.99. The molecule has 0 atom stereocenters. The van der Waals surface area contributed by atoms with Crippen LogP contribution in [-0.4, -0.2) is 27.3 Å². The van der Waals surface area contributed by atoms with Crippen LogP contribution in [0.25, 0.3) is 10.8 Å². The van der Waals surface area contributed by atoms with Crippen LogP contribution in [-0.2, 0) is 0 Å². The van der Waals surface area contributed by atoms with Gasteiger partial charge in [0.25, 0.3) is 0 Å². The summed E-state index contributed by atoms with van der Waals surface area (Å²) >= 11 is 0. The van der Waals surface area contributed by atoms with E-state index in [2.05, 4.69) is 4.98 Å². The molecule has 0 aliphatic rings. The summed E-state index contributed by atoms with van der Waals surface area (Å²) in [5.41, 5.74) is 0.101. The minimum atomic E-state index is -1.66. The molecular formula is C9H8BNO3. The number of nitrogens with zero attached hydrogens (tertiary/aromatic N) is 1. The first-order valence-corrected chi connectivity index (χ1v) is 4.11. The molecule has 0 aliphatic heterocycles. The summed E-state index contributed by atoms with van der Waals surface area (Å²) in [4.78, 5) is 3.89. The Morgan fingerprint density at radius 3 is 2.64 bits per heavy atom. The minimum Gasteiger partial charge on any atom is -0.508 e. The molecular weight excluding hydrogens is 181 g/mol. The van der Waals surface area contributed by atoms with Crippen molar-refractivity contribution >= 4 is 23.4 Å². The molecule has 0 saturated heterocycles. The van der Waals surface area contributed by atoms with E-state index in [-0.39, 0.29) is 11.2 Å². The van der Waals surface area contributed by atoms with Gasteiger partial charge < -0.3 is 15.2 Å². The zero-order chi connectivity index (χ0) is 10.1. The maximum atomic E-state index is 9.43. The minimum absolute atomic E-state index is 0.101. The topological polar surface area (TPSA) is 73.6 Å². The van der Waals surface area contributed by atoms with Crippen LogP contribution < -0.4 is 5.46 Å². The van der Waals surface area contributed by atoms with E-state index in [1.165, 1.54) is 12.1 Å². The second-order valence-corrected chi connectivity index (χ2v) is 3.01. The number of phenolic OH excluding ortho intramolecular Hbond substituents is 1. The molecule has 0 spiro atoms. The fourth-order valence-corrected chi connectivity index (χ4v) is 1.35. The molecule has 2 rings (SSSR count). The Morgan fingerprint density at radius 1 is 1.14 bits per heavy atom. The molecule has 0 saturated carbocycles. The Morgan fingerprint density at radius 2 is 1.93 bits per heavy atom. The van der Waals surface area contributed by atoms with Crippen LogP contribution in [0.2, 0.25) is 0 Å². The summed E-state index contributed by atoms with van der Waals surface area (Å²) in [6, 6.07) is 4.72.